The van der Waals surface area contributed by atoms with E-state index in [1.807, 2.05) is 0 Å². The van der Waals surface area contributed by atoms with E-state index in [4.69, 9.17) is 0 Å². The highest BCUT2D eigenvalue weighted by Gasteiger charge is 2.18. The summed E-state index contributed by atoms with van der Waals surface area (Å²) in [6.07, 6.45) is 2.98. The summed E-state index contributed by atoms with van der Waals surface area (Å²) < 4.78 is 33.6. The van der Waals surface area contributed by atoms with Gasteiger partial charge in [0.25, 0.3) is 5.91 Å². The topological polar surface area (TPSA) is 69.0 Å². The molecule has 0 saturated heterocycles. The second kappa shape index (κ2) is 6.68. The van der Waals surface area contributed by atoms with Crippen LogP contribution in [0.1, 0.15) is 16.1 Å². The Labute approximate surface area is 142 Å². The molecule has 1 N–H and O–H groups in total. The normalized spacial score (nSPS) is 10.6. The van der Waals surface area contributed by atoms with Crippen LogP contribution in [0.5, 0.6) is 5.75 Å². The summed E-state index contributed by atoms with van der Waals surface area (Å²) in [7, 11) is 1.16. The summed E-state index contributed by atoms with van der Waals surface area (Å²) in [5.74, 6) is -2.29. The fraction of sp³-hybridized carbons (Fsp3) is 0.118. The second-order valence-electron chi connectivity index (χ2n) is 5.17. The number of hydrogen-bond donors (Lipinski definition) is 1. The number of aromatic nitrogens is 3. The van der Waals surface area contributed by atoms with E-state index in [1.165, 1.54) is 10.9 Å². The van der Waals surface area contributed by atoms with Crippen LogP contribution in [0.4, 0.5) is 14.5 Å². The van der Waals surface area contributed by atoms with Crippen molar-refractivity contribution in [2.24, 2.45) is 0 Å². The predicted octanol–water partition coefficient (Wildman–Crippen LogP) is 3.11. The Balaban J connectivity index is 1.87. The zero-order chi connectivity index (χ0) is 18.0. The van der Waals surface area contributed by atoms with Gasteiger partial charge in [-0.3, -0.25) is 4.79 Å². The van der Waals surface area contributed by atoms with Gasteiger partial charge in [-0.2, -0.15) is 5.10 Å². The molecule has 0 aliphatic heterocycles. The minimum absolute atomic E-state index is 0.0224. The van der Waals surface area contributed by atoms with E-state index in [0.717, 1.165) is 19.2 Å². The first kappa shape index (κ1) is 16.6. The molecular formula is C17H14F2N4O2. The molecule has 0 unspecified atom stereocenters. The number of amides is 1. The molecule has 3 rings (SSSR count). The molecule has 0 radical (unpaired) electrons. The Kier molecular flexibility index (Phi) is 4.42. The first-order valence-corrected chi connectivity index (χ1v) is 7.31. The molecule has 0 fully saturated rings. The van der Waals surface area contributed by atoms with E-state index in [2.05, 4.69) is 20.1 Å². The zero-order valence-electron chi connectivity index (χ0n) is 13.5. The summed E-state index contributed by atoms with van der Waals surface area (Å²) in [6.45, 7) is 1.70. The Hall–Kier alpha value is -3.29. The molecule has 6 nitrogen and oxygen atoms in total. The number of halogens is 2. The third kappa shape index (κ3) is 3.18. The van der Waals surface area contributed by atoms with E-state index >= 15 is 0 Å². The van der Waals surface area contributed by atoms with E-state index < -0.39 is 23.3 Å². The van der Waals surface area contributed by atoms with Gasteiger partial charge in [-0.05, 0) is 19.1 Å². The lowest BCUT2D eigenvalue weighted by molar-refractivity contribution is 0.102. The maximum Gasteiger partial charge on any atom is 0.259 e. The third-order valence-corrected chi connectivity index (χ3v) is 3.58. The fourth-order valence-corrected chi connectivity index (χ4v) is 2.37. The number of nitrogens with one attached hydrogen (secondary N) is 1. The Morgan fingerprint density at radius 1 is 1.24 bits per heavy atom. The highest BCUT2D eigenvalue weighted by atomic mass is 19.1. The van der Waals surface area contributed by atoms with Gasteiger partial charge < -0.3 is 10.1 Å². The van der Waals surface area contributed by atoms with Crippen molar-refractivity contribution >= 4 is 11.6 Å². The largest absolute Gasteiger partial charge is 0.491 e. The molecule has 0 atom stereocenters. The smallest absolute Gasteiger partial charge is 0.259 e. The molecule has 1 amide bonds. The van der Waals surface area contributed by atoms with Gasteiger partial charge in [0.05, 0.1) is 24.6 Å². The standard InChI is InChI=1S/C17H14F2N4O2/c1-10-12(9-21-23(10)15-5-3-4-6-20-15)17(24)22-11-7-13(18)16(25-2)14(19)8-11/h3-9H,1-2H3,(H,22,24). The zero-order valence-corrected chi connectivity index (χ0v) is 13.5. The maximum atomic E-state index is 13.7. The lowest BCUT2D eigenvalue weighted by atomic mass is 10.2. The quantitative estimate of drug-likeness (QED) is 0.790. The van der Waals surface area contributed by atoms with Gasteiger partial charge in [-0.25, -0.2) is 18.4 Å². The molecule has 1 aromatic carbocycles. The first-order chi connectivity index (χ1) is 12.0. The maximum absolute atomic E-state index is 13.7. The van der Waals surface area contributed by atoms with E-state index in [0.29, 0.717) is 11.5 Å². The number of carbonyl (C=O) groups excluding carboxylic acids is 1. The predicted molar refractivity (Wildman–Crippen MR) is 87.0 cm³/mol. The van der Waals surface area contributed by atoms with E-state index in [-0.39, 0.29) is 11.3 Å². The average molecular weight is 344 g/mol. The van der Waals surface area contributed by atoms with E-state index in [9.17, 15) is 13.6 Å². The number of hydrogen-bond acceptors (Lipinski definition) is 4. The second-order valence-corrected chi connectivity index (χ2v) is 5.17. The molecule has 0 bridgehead atoms. The lowest BCUT2D eigenvalue weighted by Gasteiger charge is -2.09. The average Bonchev–Trinajstić information content (AvgIpc) is 2.97. The van der Waals surface area contributed by atoms with Crippen molar-refractivity contribution in [2.75, 3.05) is 12.4 Å². The summed E-state index contributed by atoms with van der Waals surface area (Å²) in [4.78, 5) is 16.6. The number of pyridine rings is 1. The van der Waals surface area contributed by atoms with Crippen molar-refractivity contribution in [2.45, 2.75) is 6.92 Å². The molecule has 0 aliphatic rings. The van der Waals surface area contributed by atoms with E-state index in [1.54, 1.807) is 31.3 Å². The van der Waals surface area contributed by atoms with Gasteiger partial charge in [0.1, 0.15) is 0 Å². The SMILES string of the molecule is COc1c(F)cc(NC(=O)c2cnn(-c3ccccn3)c2C)cc1F. The number of rotatable bonds is 4. The molecule has 2 aromatic heterocycles. The molecule has 25 heavy (non-hydrogen) atoms. The summed E-state index contributed by atoms with van der Waals surface area (Å²) >= 11 is 0. The third-order valence-electron chi connectivity index (χ3n) is 3.58. The van der Waals surface area contributed by atoms with Gasteiger partial charge >= 0.3 is 0 Å². The van der Waals surface area contributed by atoms with Crippen molar-refractivity contribution in [3.63, 3.8) is 0 Å². The Morgan fingerprint density at radius 3 is 2.56 bits per heavy atom. The van der Waals surface area contributed by atoms with Crippen molar-refractivity contribution in [1.82, 2.24) is 14.8 Å². The van der Waals surface area contributed by atoms with Crippen LogP contribution in [-0.2, 0) is 0 Å². The van der Waals surface area contributed by atoms with Gasteiger partial charge in [0.2, 0.25) is 0 Å². The minimum atomic E-state index is -0.904. The van der Waals surface area contributed by atoms with Gasteiger partial charge in [0, 0.05) is 24.0 Å². The van der Waals surface area contributed by atoms with Crippen LogP contribution in [0.2, 0.25) is 0 Å². The molecule has 0 aliphatic carbocycles. The van der Waals surface area contributed by atoms with Gasteiger partial charge in [-0.1, -0.05) is 6.07 Å². The number of ether oxygens (including phenoxy) is 1. The molecule has 3 aromatic rings. The molecule has 8 heteroatoms. The van der Waals surface area contributed by atoms with Crippen LogP contribution in [0.15, 0.2) is 42.7 Å². The molecule has 128 valence electrons. The number of anilines is 1. The highest BCUT2D eigenvalue weighted by Crippen LogP contribution is 2.25. The molecule has 0 spiro atoms. The first-order valence-electron chi connectivity index (χ1n) is 7.31. The van der Waals surface area contributed by atoms with Crippen LogP contribution in [0.3, 0.4) is 0 Å². The summed E-state index contributed by atoms with van der Waals surface area (Å²) in [5.41, 5.74) is 0.790. The minimum Gasteiger partial charge on any atom is -0.491 e. The van der Waals surface area contributed by atoms with Crippen molar-refractivity contribution in [3.05, 3.63) is 65.6 Å². The fourth-order valence-electron chi connectivity index (χ4n) is 2.37. The van der Waals surface area contributed by atoms with Crippen LogP contribution in [0, 0.1) is 18.6 Å². The summed E-state index contributed by atoms with van der Waals surface area (Å²) in [5, 5.41) is 6.58. The summed E-state index contributed by atoms with van der Waals surface area (Å²) in [6, 6.07) is 7.28. The number of benzene rings is 1. The van der Waals surface area contributed by atoms with Gasteiger partial charge in [0.15, 0.2) is 23.2 Å². The van der Waals surface area contributed by atoms with Gasteiger partial charge in [-0.15, -0.1) is 0 Å². The monoisotopic (exact) mass is 344 g/mol. The van der Waals surface area contributed by atoms with Crippen LogP contribution >= 0.6 is 0 Å². The molecule has 2 heterocycles. The number of methoxy groups -OCH3 is 1. The molecular weight excluding hydrogens is 330 g/mol. The Morgan fingerprint density at radius 2 is 1.96 bits per heavy atom. The lowest BCUT2D eigenvalue weighted by Crippen LogP contribution is -2.14. The van der Waals surface area contributed by atoms with Crippen molar-refractivity contribution in [3.8, 4) is 11.6 Å². The molecule has 0 saturated carbocycles. The Bertz CT molecular complexity index is 903. The van der Waals surface area contributed by atoms with Crippen LogP contribution in [0.25, 0.3) is 5.82 Å². The highest BCUT2D eigenvalue weighted by molar-refractivity contribution is 6.05. The van der Waals surface area contributed by atoms with Crippen LogP contribution < -0.4 is 10.1 Å². The van der Waals surface area contributed by atoms with Crippen LogP contribution in [-0.4, -0.2) is 27.8 Å². The number of carbonyl (C=O) groups is 1. The number of nitrogens with zero attached hydrogens (tertiary/aromatic N) is 3. The van der Waals surface area contributed by atoms with Crippen molar-refractivity contribution in [1.29, 1.82) is 0 Å². The van der Waals surface area contributed by atoms with Crippen molar-refractivity contribution < 1.29 is 18.3 Å².